The molecule has 4 nitrogen and oxygen atoms in total. The summed E-state index contributed by atoms with van der Waals surface area (Å²) in [7, 11) is 3.57. The highest BCUT2D eigenvalue weighted by Crippen LogP contribution is 2.35. The number of rotatable bonds is 3. The third-order valence-electron chi connectivity index (χ3n) is 4.15. The molecule has 0 unspecified atom stereocenters. The van der Waals surface area contributed by atoms with E-state index in [1.165, 1.54) is 18.5 Å². The smallest absolute Gasteiger partial charge is 0.373 e. The second-order valence-electron chi connectivity index (χ2n) is 5.73. The quantitative estimate of drug-likeness (QED) is 0.758. The molecule has 1 aromatic carbocycles. The van der Waals surface area contributed by atoms with Crippen LogP contribution in [0.1, 0.15) is 11.1 Å². The Balaban J connectivity index is 2.10. The number of aryl methyl sites for hydroxylation is 1. The summed E-state index contributed by atoms with van der Waals surface area (Å²) in [5.41, 5.74) is 2.85. The maximum Gasteiger partial charge on any atom is 0.416 e. The predicted octanol–water partition coefficient (Wildman–Crippen LogP) is 4.52. The first-order chi connectivity index (χ1) is 11.8. The van der Waals surface area contributed by atoms with E-state index in [0.717, 1.165) is 17.3 Å². The van der Waals surface area contributed by atoms with Gasteiger partial charge in [0.2, 0.25) is 0 Å². The second-order valence-corrected chi connectivity index (χ2v) is 5.73. The van der Waals surface area contributed by atoms with Crippen LogP contribution >= 0.6 is 0 Å². The van der Waals surface area contributed by atoms with E-state index < -0.39 is 11.7 Å². The fourth-order valence-electron chi connectivity index (χ4n) is 2.75. The summed E-state index contributed by atoms with van der Waals surface area (Å²) in [6, 6.07) is 9.22. The van der Waals surface area contributed by atoms with Crippen molar-refractivity contribution in [3.8, 4) is 22.6 Å². The van der Waals surface area contributed by atoms with Gasteiger partial charge in [-0.2, -0.15) is 13.2 Å². The van der Waals surface area contributed by atoms with E-state index >= 15 is 0 Å². The minimum atomic E-state index is -4.37. The van der Waals surface area contributed by atoms with Crippen molar-refractivity contribution in [3.63, 3.8) is 0 Å². The molecule has 1 N–H and O–H groups in total. The lowest BCUT2D eigenvalue weighted by molar-refractivity contribution is -0.137. The zero-order valence-electron chi connectivity index (χ0n) is 14.0. The number of halogens is 3. The van der Waals surface area contributed by atoms with Crippen molar-refractivity contribution in [2.45, 2.75) is 13.1 Å². The van der Waals surface area contributed by atoms with E-state index in [-0.39, 0.29) is 0 Å². The Kier molecular flexibility index (Phi) is 4.24. The molecule has 7 heteroatoms. The van der Waals surface area contributed by atoms with Crippen LogP contribution in [0.3, 0.4) is 0 Å². The van der Waals surface area contributed by atoms with Gasteiger partial charge in [0.05, 0.1) is 17.0 Å². The molecule has 25 heavy (non-hydrogen) atoms. The number of nitrogens with one attached hydrogen (secondary N) is 1. The van der Waals surface area contributed by atoms with Crippen LogP contribution in [0.4, 0.5) is 19.0 Å². The molecule has 0 fully saturated rings. The Bertz CT molecular complexity index is 913. The van der Waals surface area contributed by atoms with Crippen LogP contribution < -0.4 is 5.32 Å². The Morgan fingerprint density at radius 2 is 1.72 bits per heavy atom. The van der Waals surface area contributed by atoms with Gasteiger partial charge in [-0.3, -0.25) is 0 Å². The first-order valence-electron chi connectivity index (χ1n) is 7.65. The van der Waals surface area contributed by atoms with Crippen molar-refractivity contribution < 1.29 is 13.2 Å². The SMILES string of the molecule is CNc1cc(-c2ccc(-c3cc(C(F)(F)F)ccc3C)n2C)ncn1. The van der Waals surface area contributed by atoms with Gasteiger partial charge in [-0.1, -0.05) is 6.07 Å². The van der Waals surface area contributed by atoms with Crippen molar-refractivity contribution >= 4 is 5.82 Å². The van der Waals surface area contributed by atoms with Crippen molar-refractivity contribution in [2.24, 2.45) is 7.05 Å². The monoisotopic (exact) mass is 346 g/mol. The highest BCUT2D eigenvalue weighted by Gasteiger charge is 2.31. The third-order valence-corrected chi connectivity index (χ3v) is 4.15. The number of benzene rings is 1. The molecule has 0 aliphatic carbocycles. The van der Waals surface area contributed by atoms with Crippen molar-refractivity contribution in [2.75, 3.05) is 12.4 Å². The molecule has 130 valence electrons. The summed E-state index contributed by atoms with van der Waals surface area (Å²) in [5.74, 6) is 0.669. The third kappa shape index (κ3) is 3.22. The van der Waals surface area contributed by atoms with E-state index in [2.05, 4.69) is 15.3 Å². The highest BCUT2D eigenvalue weighted by molar-refractivity contribution is 5.71. The lowest BCUT2D eigenvalue weighted by atomic mass is 10.0. The average molecular weight is 346 g/mol. The van der Waals surface area contributed by atoms with Gasteiger partial charge in [0, 0.05) is 31.4 Å². The summed E-state index contributed by atoms with van der Waals surface area (Å²) in [5, 5.41) is 2.94. The molecule has 0 amide bonds. The van der Waals surface area contributed by atoms with Crippen LogP contribution in [0.25, 0.3) is 22.6 Å². The van der Waals surface area contributed by atoms with E-state index in [4.69, 9.17) is 0 Å². The first-order valence-corrected chi connectivity index (χ1v) is 7.65. The maximum absolute atomic E-state index is 13.0. The van der Waals surface area contributed by atoms with Gasteiger partial charge in [-0.15, -0.1) is 0 Å². The lowest BCUT2D eigenvalue weighted by Gasteiger charge is -2.13. The van der Waals surface area contributed by atoms with Crippen LogP contribution in [-0.4, -0.2) is 21.6 Å². The van der Waals surface area contributed by atoms with Crippen molar-refractivity contribution in [1.82, 2.24) is 14.5 Å². The molecule has 0 bridgehead atoms. The van der Waals surface area contributed by atoms with E-state index in [9.17, 15) is 13.2 Å². The number of anilines is 1. The summed E-state index contributed by atoms with van der Waals surface area (Å²) in [6.07, 6.45) is -2.92. The zero-order chi connectivity index (χ0) is 18.2. The number of hydrogen-bond donors (Lipinski definition) is 1. The Hall–Kier alpha value is -2.83. The van der Waals surface area contributed by atoms with Crippen molar-refractivity contribution in [1.29, 1.82) is 0 Å². The second kappa shape index (κ2) is 6.23. The molecule has 3 aromatic rings. The zero-order valence-corrected chi connectivity index (χ0v) is 14.0. The standard InChI is InChI=1S/C18H17F3N4/c1-11-4-5-12(18(19,20)21)8-13(11)15-6-7-16(25(15)3)14-9-17(22-2)24-10-23-14/h4-10H,1-3H3,(H,22,23,24). The molecule has 3 rings (SSSR count). The van der Waals surface area contributed by atoms with Crippen LogP contribution in [-0.2, 0) is 13.2 Å². The molecular formula is C18H17F3N4. The first kappa shape index (κ1) is 17.0. The Morgan fingerprint density at radius 1 is 1.00 bits per heavy atom. The molecule has 0 aliphatic heterocycles. The molecule has 0 atom stereocenters. The number of aromatic nitrogens is 3. The predicted molar refractivity (Wildman–Crippen MR) is 91.2 cm³/mol. The van der Waals surface area contributed by atoms with Crippen molar-refractivity contribution in [3.05, 3.63) is 53.9 Å². The van der Waals surface area contributed by atoms with Gasteiger partial charge in [0.25, 0.3) is 0 Å². The van der Waals surface area contributed by atoms with Crippen LogP contribution in [0.2, 0.25) is 0 Å². The Labute approximate surface area is 143 Å². The molecule has 0 radical (unpaired) electrons. The fraction of sp³-hybridized carbons (Fsp3) is 0.222. The van der Waals surface area contributed by atoms with Gasteiger partial charge in [0.15, 0.2) is 0 Å². The number of nitrogens with zero attached hydrogens (tertiary/aromatic N) is 3. The van der Waals surface area contributed by atoms with Crippen LogP contribution in [0, 0.1) is 6.92 Å². The summed E-state index contributed by atoms with van der Waals surface area (Å²) < 4.78 is 41.0. The number of hydrogen-bond acceptors (Lipinski definition) is 3. The lowest BCUT2D eigenvalue weighted by Crippen LogP contribution is -2.06. The molecule has 0 spiro atoms. The molecule has 2 aromatic heterocycles. The molecular weight excluding hydrogens is 329 g/mol. The van der Waals surface area contributed by atoms with E-state index in [0.29, 0.717) is 22.8 Å². The van der Waals surface area contributed by atoms with Gasteiger partial charge >= 0.3 is 6.18 Å². The molecule has 0 aliphatic rings. The van der Waals surface area contributed by atoms with Gasteiger partial charge in [-0.05, 0) is 36.8 Å². The largest absolute Gasteiger partial charge is 0.416 e. The minimum absolute atomic E-state index is 0.548. The minimum Gasteiger partial charge on any atom is -0.373 e. The Morgan fingerprint density at radius 3 is 2.40 bits per heavy atom. The molecule has 0 saturated carbocycles. The highest BCUT2D eigenvalue weighted by atomic mass is 19.4. The number of alkyl halides is 3. The summed E-state index contributed by atoms with van der Waals surface area (Å²) in [6.45, 7) is 1.80. The fourth-order valence-corrected chi connectivity index (χ4v) is 2.75. The van der Waals surface area contributed by atoms with Crippen LogP contribution in [0.5, 0.6) is 0 Å². The van der Waals surface area contributed by atoms with Gasteiger partial charge in [0.1, 0.15) is 12.1 Å². The van der Waals surface area contributed by atoms with E-state index in [1.54, 1.807) is 26.1 Å². The van der Waals surface area contributed by atoms with E-state index in [1.807, 2.05) is 17.7 Å². The summed E-state index contributed by atoms with van der Waals surface area (Å²) >= 11 is 0. The maximum atomic E-state index is 13.0. The van der Waals surface area contributed by atoms with Gasteiger partial charge < -0.3 is 9.88 Å². The molecule has 2 heterocycles. The average Bonchev–Trinajstić information content (AvgIpc) is 2.95. The normalized spacial score (nSPS) is 11.6. The summed E-state index contributed by atoms with van der Waals surface area (Å²) in [4.78, 5) is 8.33. The van der Waals surface area contributed by atoms with Gasteiger partial charge in [-0.25, -0.2) is 9.97 Å². The van der Waals surface area contributed by atoms with Crippen LogP contribution in [0.15, 0.2) is 42.7 Å². The topological polar surface area (TPSA) is 42.7 Å². The molecule has 0 saturated heterocycles.